The summed E-state index contributed by atoms with van der Waals surface area (Å²) in [7, 11) is 0. The molecule has 0 aliphatic carbocycles. The Morgan fingerprint density at radius 3 is 1.97 bits per heavy atom. The monoisotopic (exact) mass is 887 g/mol. The van der Waals surface area contributed by atoms with Gasteiger partial charge in [0, 0.05) is 48.3 Å². The van der Waals surface area contributed by atoms with E-state index in [1.54, 1.807) is 0 Å². The van der Waals surface area contributed by atoms with Crippen LogP contribution in [0.15, 0.2) is 205 Å². The number of hydrogen-bond acceptors (Lipinski definition) is 4. The van der Waals surface area contributed by atoms with Gasteiger partial charge in [-0.3, -0.25) is 0 Å². The second kappa shape index (κ2) is 14.9. The van der Waals surface area contributed by atoms with E-state index < -0.39 is 0 Å². The number of para-hydroxylation sites is 3. The predicted octanol–water partition coefficient (Wildman–Crippen LogP) is 16.1. The van der Waals surface area contributed by atoms with Crippen molar-refractivity contribution in [2.45, 2.75) is 20.8 Å². The van der Waals surface area contributed by atoms with E-state index in [1.807, 2.05) is 23.5 Å². The van der Waals surface area contributed by atoms with Crippen LogP contribution in [0.5, 0.6) is 11.5 Å². The fraction of sp³-hybridized carbons (Fsp3) is 0.0476. The minimum Gasteiger partial charge on any atom is -0.456 e. The lowest BCUT2D eigenvalue weighted by Crippen LogP contribution is -2.54. The number of hydrogen-bond donors (Lipinski definition) is 0. The average molecular weight is 888 g/mol. The molecule has 1 aliphatic rings. The zero-order valence-corrected chi connectivity index (χ0v) is 38.6. The number of rotatable bonds is 6. The summed E-state index contributed by atoms with van der Waals surface area (Å²) in [5, 5.41) is 12.1. The Kier molecular flexibility index (Phi) is 8.59. The van der Waals surface area contributed by atoms with Gasteiger partial charge in [0.2, 0.25) is 6.71 Å². The topological polar surface area (TPSA) is 25.6 Å². The summed E-state index contributed by atoms with van der Waals surface area (Å²) < 4.78 is 16.4. The van der Waals surface area contributed by atoms with Crippen molar-refractivity contribution in [3.05, 3.63) is 217 Å². The second-order valence-electron chi connectivity index (χ2n) is 18.5. The van der Waals surface area contributed by atoms with Crippen LogP contribution in [0.3, 0.4) is 0 Å². The number of anilines is 3. The largest absolute Gasteiger partial charge is 0.456 e. The molecule has 2 aromatic heterocycles. The van der Waals surface area contributed by atoms with Crippen LogP contribution in [0.1, 0.15) is 16.7 Å². The number of ether oxygens (including phenoxy) is 1. The van der Waals surface area contributed by atoms with Gasteiger partial charge < -0.3 is 14.1 Å². The number of nitrogens with zero attached hydrogens (tertiary/aromatic N) is 1. The molecule has 11 aromatic carbocycles. The van der Waals surface area contributed by atoms with Gasteiger partial charge in [-0.2, -0.15) is 0 Å². The lowest BCUT2D eigenvalue weighted by atomic mass is 9.34. The molecule has 5 heteroatoms. The first-order valence-electron chi connectivity index (χ1n) is 23.4. The SMILES string of the molecule is Cc1cc(C)c(B(c2cc3c4cccc5c4c(cc3c3ccccc23)-c2ccc(N(c3ccccc3)c3cccc4c3oc3ccccc34)cc2O5)c2cccc3c2sc2ccccc23)c(C)c1. The predicted molar refractivity (Wildman–Crippen MR) is 291 cm³/mol. The van der Waals surface area contributed by atoms with Crippen molar-refractivity contribution in [1.82, 2.24) is 0 Å². The number of furan rings is 1. The molecule has 0 bridgehead atoms. The third-order valence-corrected chi connectivity index (χ3v) is 15.7. The summed E-state index contributed by atoms with van der Waals surface area (Å²) in [5.74, 6) is 1.68. The minimum atomic E-state index is -0.0131. The maximum Gasteiger partial charge on any atom is 0.244 e. The number of fused-ring (bicyclic) bond motifs is 12. The fourth-order valence-corrected chi connectivity index (χ4v) is 12.9. The zero-order chi connectivity index (χ0) is 45.2. The summed E-state index contributed by atoms with van der Waals surface area (Å²) in [6.45, 7) is 6.80. The quantitative estimate of drug-likeness (QED) is 0.123. The molecular weight excluding hydrogens is 846 g/mol. The van der Waals surface area contributed by atoms with Crippen LogP contribution in [0.2, 0.25) is 0 Å². The average Bonchev–Trinajstić information content (AvgIpc) is 3.95. The highest BCUT2D eigenvalue weighted by Crippen LogP contribution is 2.52. The van der Waals surface area contributed by atoms with Crippen molar-refractivity contribution in [1.29, 1.82) is 0 Å². The smallest absolute Gasteiger partial charge is 0.244 e. The molecule has 13 aromatic rings. The summed E-state index contributed by atoms with van der Waals surface area (Å²) in [6, 6.07) is 73.1. The molecule has 68 heavy (non-hydrogen) atoms. The lowest BCUT2D eigenvalue weighted by Gasteiger charge is -2.28. The van der Waals surface area contributed by atoms with Crippen molar-refractivity contribution in [3.63, 3.8) is 0 Å². The van der Waals surface area contributed by atoms with Gasteiger partial charge in [-0.05, 0) is 113 Å². The van der Waals surface area contributed by atoms with E-state index in [1.165, 1.54) is 85.7 Å². The van der Waals surface area contributed by atoms with Gasteiger partial charge in [-0.25, -0.2) is 0 Å². The maximum atomic E-state index is 7.07. The second-order valence-corrected chi connectivity index (χ2v) is 19.5. The summed E-state index contributed by atoms with van der Waals surface area (Å²) in [6.07, 6.45) is 0. The number of benzene rings is 11. The van der Waals surface area contributed by atoms with Crippen LogP contribution >= 0.6 is 11.3 Å². The van der Waals surface area contributed by atoms with E-state index in [9.17, 15) is 0 Å². The van der Waals surface area contributed by atoms with E-state index in [2.05, 4.69) is 214 Å². The molecule has 0 fully saturated rings. The Bertz CT molecular complexity index is 4220. The third-order valence-electron chi connectivity index (χ3n) is 14.4. The van der Waals surface area contributed by atoms with Crippen molar-refractivity contribution >= 4 is 126 Å². The molecule has 3 heterocycles. The van der Waals surface area contributed by atoms with Crippen LogP contribution in [0.4, 0.5) is 17.1 Å². The highest BCUT2D eigenvalue weighted by atomic mass is 32.1. The van der Waals surface area contributed by atoms with Crippen molar-refractivity contribution in [2.24, 2.45) is 0 Å². The Morgan fingerprint density at radius 2 is 1.12 bits per heavy atom. The molecule has 0 saturated heterocycles. The van der Waals surface area contributed by atoms with Crippen LogP contribution in [0, 0.1) is 20.8 Å². The molecule has 14 rings (SSSR count). The van der Waals surface area contributed by atoms with Gasteiger partial charge in [0.05, 0.1) is 11.4 Å². The maximum absolute atomic E-state index is 7.07. The molecule has 0 atom stereocenters. The fourth-order valence-electron chi connectivity index (χ4n) is 11.7. The highest BCUT2D eigenvalue weighted by molar-refractivity contribution is 7.27. The first kappa shape index (κ1) is 39.1. The molecule has 0 saturated carbocycles. The molecule has 1 aliphatic heterocycles. The van der Waals surface area contributed by atoms with Crippen LogP contribution in [0.25, 0.3) is 85.6 Å². The van der Waals surface area contributed by atoms with E-state index in [0.29, 0.717) is 0 Å². The van der Waals surface area contributed by atoms with Crippen molar-refractivity contribution < 1.29 is 9.15 Å². The van der Waals surface area contributed by atoms with Gasteiger partial charge >= 0.3 is 0 Å². The van der Waals surface area contributed by atoms with Gasteiger partial charge in [0.25, 0.3) is 0 Å². The first-order chi connectivity index (χ1) is 33.5. The highest BCUT2D eigenvalue weighted by Gasteiger charge is 2.32. The minimum absolute atomic E-state index is 0.0131. The molecule has 0 unspecified atom stereocenters. The van der Waals surface area contributed by atoms with Crippen LogP contribution in [-0.2, 0) is 0 Å². The zero-order valence-electron chi connectivity index (χ0n) is 37.8. The van der Waals surface area contributed by atoms with Gasteiger partial charge in [0.1, 0.15) is 17.1 Å². The van der Waals surface area contributed by atoms with E-state index in [0.717, 1.165) is 61.4 Å². The van der Waals surface area contributed by atoms with E-state index in [4.69, 9.17) is 9.15 Å². The Balaban J connectivity index is 0.995. The molecule has 0 spiro atoms. The van der Waals surface area contributed by atoms with Crippen molar-refractivity contribution in [3.8, 4) is 22.6 Å². The van der Waals surface area contributed by atoms with E-state index >= 15 is 0 Å². The lowest BCUT2D eigenvalue weighted by molar-refractivity contribution is 0.487. The van der Waals surface area contributed by atoms with Gasteiger partial charge in [-0.15, -0.1) is 11.3 Å². The number of thiophene rings is 1. The Morgan fingerprint density at radius 1 is 0.441 bits per heavy atom. The van der Waals surface area contributed by atoms with Crippen LogP contribution in [-0.4, -0.2) is 6.71 Å². The van der Waals surface area contributed by atoms with Crippen molar-refractivity contribution in [2.75, 3.05) is 4.90 Å². The number of aryl methyl sites for hydroxylation is 3. The Labute approximate surface area is 398 Å². The first-order valence-corrected chi connectivity index (χ1v) is 24.3. The molecule has 3 nitrogen and oxygen atoms in total. The molecule has 320 valence electrons. The standard InChI is InChI=1S/C63H42BNO2S/c1-37-32-38(2)61(39(3)33-37)64(53-25-13-24-49-46-21-10-12-29-59(46)68-63(49)53)54-36-51-47-22-15-28-57-60(47)52(35-50(51)42-18-7-8-19-43(42)54)45-31-30-41(34-58(45)66-57)65(40-16-5-4-6-17-40)55-26-14-23-48-44-20-9-11-27-56(44)67-62(48)55/h4-36H,1-3H3. The van der Waals surface area contributed by atoms with Gasteiger partial charge in [0.15, 0.2) is 5.58 Å². The molecular formula is C63H42BNO2S. The summed E-state index contributed by atoms with van der Waals surface area (Å²) >= 11 is 1.92. The molecule has 0 amide bonds. The molecule has 0 N–H and O–H groups in total. The van der Waals surface area contributed by atoms with Crippen LogP contribution < -0.4 is 26.0 Å². The molecule has 0 radical (unpaired) electrons. The third kappa shape index (κ3) is 5.79. The summed E-state index contributed by atoms with van der Waals surface area (Å²) in [5.41, 5.74) is 14.9. The normalized spacial score (nSPS) is 12.2. The van der Waals surface area contributed by atoms with E-state index in [-0.39, 0.29) is 6.71 Å². The summed E-state index contributed by atoms with van der Waals surface area (Å²) in [4.78, 5) is 2.28. The Hall–Kier alpha value is -8.12. The van der Waals surface area contributed by atoms with Gasteiger partial charge in [-0.1, -0.05) is 173 Å².